The monoisotopic (exact) mass is 438 g/mol. The summed E-state index contributed by atoms with van der Waals surface area (Å²) in [4.78, 5) is 39.3. The molecule has 0 saturated heterocycles. The van der Waals surface area contributed by atoms with Gasteiger partial charge in [-0.25, -0.2) is 0 Å². The van der Waals surface area contributed by atoms with Crippen LogP contribution in [-0.4, -0.2) is 33.8 Å². The second-order valence-electron chi connectivity index (χ2n) is 5.78. The van der Waals surface area contributed by atoms with Gasteiger partial charge in [0.1, 0.15) is 0 Å². The van der Waals surface area contributed by atoms with E-state index in [0.717, 1.165) is 17.5 Å². The maximum Gasteiger partial charge on any atom is 0.341 e. The lowest BCUT2D eigenvalue weighted by molar-refractivity contribution is -0.138. The number of halogens is 3. The van der Waals surface area contributed by atoms with Gasteiger partial charge in [-0.05, 0) is 36.4 Å². The van der Waals surface area contributed by atoms with Gasteiger partial charge < -0.3 is 10.6 Å². The maximum absolute atomic E-state index is 14.1. The van der Waals surface area contributed by atoms with Crippen LogP contribution in [0.5, 0.6) is 0 Å². The number of benzene rings is 1. The lowest BCUT2D eigenvalue weighted by Gasteiger charge is -2.16. The number of rotatable bonds is 6. The zero-order valence-electron chi connectivity index (χ0n) is 14.6. The summed E-state index contributed by atoms with van der Waals surface area (Å²) in [5, 5.41) is 4.10. The Morgan fingerprint density at radius 2 is 1.90 bits per heavy atom. The molecule has 0 saturated carbocycles. The average molecular weight is 439 g/mol. The molecule has 0 fully saturated rings. The third-order valence-corrected chi connectivity index (χ3v) is 4.96. The molecule has 0 bridgehead atoms. The summed E-state index contributed by atoms with van der Waals surface area (Å²) >= 11 is 6.64. The van der Waals surface area contributed by atoms with Gasteiger partial charge in [0.2, 0.25) is 0 Å². The third-order valence-electron chi connectivity index (χ3n) is 3.73. The van der Waals surface area contributed by atoms with Crippen molar-refractivity contribution in [2.24, 2.45) is 0 Å². The standard InChI is InChI=1S/C18H13ClF2N4O3S/c19-14-6-5-13(29-14)16(27)23-10-18(20,21)17(28)24-11-1-3-12(4-2-11)25-8-7-22-9-15(25)26/h1-9H,10H2,(H,23,27)(H,24,28). The van der Waals surface area contributed by atoms with Crippen molar-refractivity contribution < 1.29 is 18.4 Å². The smallest absolute Gasteiger partial charge is 0.341 e. The summed E-state index contributed by atoms with van der Waals surface area (Å²) in [6.07, 6.45) is 4.01. The first-order valence-corrected chi connectivity index (χ1v) is 9.32. The Morgan fingerprint density at radius 3 is 2.52 bits per heavy atom. The quantitative estimate of drug-likeness (QED) is 0.618. The zero-order valence-corrected chi connectivity index (χ0v) is 16.1. The van der Waals surface area contributed by atoms with E-state index >= 15 is 0 Å². The van der Waals surface area contributed by atoms with E-state index in [-0.39, 0.29) is 16.1 Å². The van der Waals surface area contributed by atoms with Crippen molar-refractivity contribution in [1.82, 2.24) is 14.9 Å². The van der Waals surface area contributed by atoms with Gasteiger partial charge in [-0.2, -0.15) is 8.78 Å². The Balaban J connectivity index is 1.61. The van der Waals surface area contributed by atoms with Crippen LogP contribution in [0, 0.1) is 0 Å². The number of alkyl halides is 2. The number of amides is 2. The molecule has 150 valence electrons. The summed E-state index contributed by atoms with van der Waals surface area (Å²) < 4.78 is 29.8. The SMILES string of the molecule is O=C(NCC(F)(F)C(=O)Nc1ccc(-n2ccncc2=O)cc1)c1ccc(Cl)s1. The number of hydrogen-bond acceptors (Lipinski definition) is 5. The molecule has 2 amide bonds. The molecule has 0 aliphatic heterocycles. The summed E-state index contributed by atoms with van der Waals surface area (Å²) in [5.74, 6) is -6.16. The molecular weight excluding hydrogens is 426 g/mol. The number of nitrogens with zero attached hydrogens (tertiary/aromatic N) is 2. The van der Waals surface area contributed by atoms with Crippen molar-refractivity contribution in [2.75, 3.05) is 11.9 Å². The van der Waals surface area contributed by atoms with E-state index in [0.29, 0.717) is 10.0 Å². The molecule has 0 aliphatic rings. The van der Waals surface area contributed by atoms with Crippen molar-refractivity contribution in [3.63, 3.8) is 0 Å². The van der Waals surface area contributed by atoms with E-state index in [4.69, 9.17) is 11.6 Å². The fourth-order valence-electron chi connectivity index (χ4n) is 2.28. The number of anilines is 1. The maximum atomic E-state index is 14.1. The normalized spacial score (nSPS) is 11.1. The van der Waals surface area contributed by atoms with Crippen LogP contribution < -0.4 is 16.2 Å². The van der Waals surface area contributed by atoms with Crippen LogP contribution >= 0.6 is 22.9 Å². The fourth-order valence-corrected chi connectivity index (χ4v) is 3.24. The lowest BCUT2D eigenvalue weighted by Crippen LogP contribution is -2.45. The Hall–Kier alpha value is -3.11. The number of aromatic nitrogens is 2. The predicted octanol–water partition coefficient (Wildman–Crippen LogP) is 2.95. The van der Waals surface area contributed by atoms with Gasteiger partial charge in [-0.1, -0.05) is 11.6 Å². The van der Waals surface area contributed by atoms with Crippen molar-refractivity contribution in [3.05, 3.63) is 74.6 Å². The van der Waals surface area contributed by atoms with Crippen LogP contribution in [0.1, 0.15) is 9.67 Å². The summed E-state index contributed by atoms with van der Waals surface area (Å²) in [6.45, 7) is -1.17. The summed E-state index contributed by atoms with van der Waals surface area (Å²) in [6, 6.07) is 8.59. The van der Waals surface area contributed by atoms with Crippen LogP contribution in [0.15, 0.2) is 59.8 Å². The number of thiophene rings is 1. The molecule has 0 radical (unpaired) electrons. The van der Waals surface area contributed by atoms with Crippen molar-refractivity contribution in [2.45, 2.75) is 5.92 Å². The van der Waals surface area contributed by atoms with Crippen LogP contribution in [0.2, 0.25) is 4.34 Å². The minimum Gasteiger partial charge on any atom is -0.345 e. The van der Waals surface area contributed by atoms with Crippen LogP contribution in [0.25, 0.3) is 5.69 Å². The van der Waals surface area contributed by atoms with E-state index in [9.17, 15) is 23.2 Å². The second-order valence-corrected chi connectivity index (χ2v) is 7.49. The number of hydrogen-bond donors (Lipinski definition) is 2. The molecule has 1 aromatic carbocycles. The summed E-state index contributed by atoms with van der Waals surface area (Å²) in [5.41, 5.74) is 0.222. The predicted molar refractivity (Wildman–Crippen MR) is 105 cm³/mol. The highest BCUT2D eigenvalue weighted by atomic mass is 35.5. The molecule has 29 heavy (non-hydrogen) atoms. The molecule has 3 aromatic rings. The Kier molecular flexibility index (Phi) is 6.04. The van der Waals surface area contributed by atoms with Gasteiger partial charge in [0.15, 0.2) is 0 Å². The molecule has 7 nitrogen and oxygen atoms in total. The van der Waals surface area contributed by atoms with E-state index in [2.05, 4.69) is 10.3 Å². The van der Waals surface area contributed by atoms with E-state index in [1.54, 1.807) is 0 Å². The largest absolute Gasteiger partial charge is 0.345 e. The molecule has 0 atom stereocenters. The third kappa shape index (κ3) is 5.04. The van der Waals surface area contributed by atoms with Gasteiger partial charge in [0.25, 0.3) is 17.4 Å². The molecule has 0 spiro atoms. The minimum atomic E-state index is -3.84. The van der Waals surface area contributed by atoms with E-state index < -0.39 is 24.3 Å². The average Bonchev–Trinajstić information content (AvgIpc) is 3.14. The molecular formula is C18H13ClF2N4O3S. The molecule has 2 heterocycles. The first-order valence-electron chi connectivity index (χ1n) is 8.12. The van der Waals surface area contributed by atoms with Crippen molar-refractivity contribution in [3.8, 4) is 5.69 Å². The topological polar surface area (TPSA) is 93.1 Å². The number of carbonyl (C=O) groups excluding carboxylic acids is 2. The van der Waals surface area contributed by atoms with Gasteiger partial charge in [-0.15, -0.1) is 11.3 Å². The lowest BCUT2D eigenvalue weighted by atomic mass is 10.2. The summed E-state index contributed by atoms with van der Waals surface area (Å²) in [7, 11) is 0. The first kappa shape index (κ1) is 20.6. The van der Waals surface area contributed by atoms with Crippen molar-refractivity contribution >= 4 is 40.4 Å². The Bertz CT molecular complexity index is 1100. The van der Waals surface area contributed by atoms with Gasteiger partial charge in [0, 0.05) is 23.8 Å². The Morgan fingerprint density at radius 1 is 1.17 bits per heavy atom. The Labute approximate surface area is 172 Å². The zero-order chi connectivity index (χ0) is 21.0. The van der Waals surface area contributed by atoms with Crippen LogP contribution in [-0.2, 0) is 4.79 Å². The van der Waals surface area contributed by atoms with E-state index in [1.165, 1.54) is 53.4 Å². The van der Waals surface area contributed by atoms with Crippen molar-refractivity contribution in [1.29, 1.82) is 0 Å². The fraction of sp³-hybridized carbons (Fsp3) is 0.111. The van der Waals surface area contributed by atoms with Gasteiger partial charge >= 0.3 is 5.92 Å². The molecule has 11 heteroatoms. The molecule has 0 unspecified atom stereocenters. The minimum absolute atomic E-state index is 0.108. The second kappa shape index (κ2) is 8.50. The molecule has 0 aliphatic carbocycles. The number of nitrogens with one attached hydrogen (secondary N) is 2. The van der Waals surface area contributed by atoms with Crippen LogP contribution in [0.3, 0.4) is 0 Å². The van der Waals surface area contributed by atoms with Crippen LogP contribution in [0.4, 0.5) is 14.5 Å². The first-order chi connectivity index (χ1) is 13.8. The molecule has 3 rings (SSSR count). The molecule has 2 aromatic heterocycles. The van der Waals surface area contributed by atoms with E-state index in [1.807, 2.05) is 5.32 Å². The van der Waals surface area contributed by atoms with Gasteiger partial charge in [0.05, 0.1) is 22.0 Å². The van der Waals surface area contributed by atoms with Gasteiger partial charge in [-0.3, -0.25) is 23.9 Å². The highest BCUT2D eigenvalue weighted by molar-refractivity contribution is 7.18. The highest BCUT2D eigenvalue weighted by Crippen LogP contribution is 2.22. The molecule has 2 N–H and O–H groups in total. The highest BCUT2D eigenvalue weighted by Gasteiger charge is 2.39. The number of carbonyl (C=O) groups is 2.